The lowest BCUT2D eigenvalue weighted by molar-refractivity contribution is -0.139. The normalized spacial score (nSPS) is 25.3. The van der Waals surface area contributed by atoms with Crippen molar-refractivity contribution in [3.8, 4) is 5.75 Å². The van der Waals surface area contributed by atoms with Crippen molar-refractivity contribution in [2.75, 3.05) is 6.61 Å². The molecule has 0 bridgehead atoms. The maximum absolute atomic E-state index is 10.8. The third-order valence-electron chi connectivity index (χ3n) is 3.80. The molecule has 1 aromatic carbocycles. The Morgan fingerprint density at radius 2 is 2.16 bits per heavy atom. The van der Waals surface area contributed by atoms with E-state index in [2.05, 4.69) is 23.0 Å². The van der Waals surface area contributed by atoms with Gasteiger partial charge in [-0.05, 0) is 48.9 Å². The number of ether oxygens (including phenoxy) is 1. The third kappa shape index (κ3) is 2.72. The lowest BCUT2D eigenvalue weighted by Gasteiger charge is -2.12. The van der Waals surface area contributed by atoms with Gasteiger partial charge in [0.15, 0.2) is 0 Å². The van der Waals surface area contributed by atoms with Crippen LogP contribution < -0.4 is 15.6 Å². The van der Waals surface area contributed by atoms with E-state index in [0.29, 0.717) is 13.0 Å². The zero-order valence-corrected chi connectivity index (χ0v) is 10.7. The van der Waals surface area contributed by atoms with Gasteiger partial charge in [-0.1, -0.05) is 6.07 Å². The van der Waals surface area contributed by atoms with E-state index in [1.165, 1.54) is 24.0 Å². The number of nitrogens with one attached hydrogen (secondary N) is 2. The molecule has 1 heterocycles. The van der Waals surface area contributed by atoms with Gasteiger partial charge in [0.05, 0.1) is 6.04 Å². The van der Waals surface area contributed by atoms with Gasteiger partial charge in [-0.2, -0.15) is 0 Å². The summed E-state index contributed by atoms with van der Waals surface area (Å²) in [6.07, 6.45) is 4.08. The van der Waals surface area contributed by atoms with E-state index in [4.69, 9.17) is 9.84 Å². The van der Waals surface area contributed by atoms with Crippen LogP contribution in [0.15, 0.2) is 18.2 Å². The molecule has 3 N–H and O–H groups in total. The monoisotopic (exact) mass is 262 g/mol. The summed E-state index contributed by atoms with van der Waals surface area (Å²) in [5.74, 6) is 0.0498. The highest BCUT2D eigenvalue weighted by molar-refractivity contribution is 5.73. The second-order valence-electron chi connectivity index (χ2n) is 5.21. The summed E-state index contributed by atoms with van der Waals surface area (Å²) >= 11 is 0. The molecule has 102 valence electrons. The van der Waals surface area contributed by atoms with E-state index in [-0.39, 0.29) is 6.04 Å². The molecule has 2 atom stereocenters. The van der Waals surface area contributed by atoms with Crippen LogP contribution in [0.25, 0.3) is 0 Å². The van der Waals surface area contributed by atoms with Crippen molar-refractivity contribution >= 4 is 5.97 Å². The van der Waals surface area contributed by atoms with Crippen molar-refractivity contribution in [1.82, 2.24) is 10.9 Å². The minimum absolute atomic E-state index is 0.0364. The molecular weight excluding hydrogens is 244 g/mol. The summed E-state index contributed by atoms with van der Waals surface area (Å²) in [5, 5.41) is 8.88. The molecule has 0 amide bonds. The van der Waals surface area contributed by atoms with Gasteiger partial charge in [-0.3, -0.25) is 10.2 Å². The number of hydrazine groups is 1. The number of fused-ring (bicyclic) bond motifs is 1. The van der Waals surface area contributed by atoms with Gasteiger partial charge in [-0.25, -0.2) is 5.43 Å². The van der Waals surface area contributed by atoms with Crippen LogP contribution in [0.2, 0.25) is 0 Å². The Balaban J connectivity index is 1.54. The van der Waals surface area contributed by atoms with Gasteiger partial charge < -0.3 is 9.84 Å². The molecule has 19 heavy (non-hydrogen) atoms. The number of rotatable bonds is 4. The number of carboxylic acids is 1. The Morgan fingerprint density at radius 3 is 2.95 bits per heavy atom. The standard InChI is InChI=1S/C14H18N2O3/c17-14(18)13-7-11(15-16-13)8-19-12-5-4-9-2-1-3-10(9)6-12/h4-6,11,13,15-16H,1-3,7-8H2,(H,17,18). The minimum atomic E-state index is -0.826. The molecule has 0 spiro atoms. The topological polar surface area (TPSA) is 70.6 Å². The molecule has 0 saturated carbocycles. The Morgan fingerprint density at radius 1 is 1.32 bits per heavy atom. The van der Waals surface area contributed by atoms with Crippen LogP contribution in [0.4, 0.5) is 0 Å². The fourth-order valence-corrected chi connectivity index (χ4v) is 2.73. The second kappa shape index (κ2) is 5.19. The highest BCUT2D eigenvalue weighted by atomic mass is 16.5. The Bertz CT molecular complexity index is 490. The van der Waals surface area contributed by atoms with Crippen molar-refractivity contribution < 1.29 is 14.6 Å². The summed E-state index contributed by atoms with van der Waals surface area (Å²) in [6, 6.07) is 5.77. The van der Waals surface area contributed by atoms with Crippen LogP contribution in [-0.2, 0) is 17.6 Å². The number of carbonyl (C=O) groups is 1. The number of hydrogen-bond donors (Lipinski definition) is 3. The van der Waals surface area contributed by atoms with Crippen molar-refractivity contribution in [3.05, 3.63) is 29.3 Å². The molecule has 3 rings (SSSR count). The van der Waals surface area contributed by atoms with E-state index in [9.17, 15) is 4.79 Å². The first-order chi connectivity index (χ1) is 9.22. The highest BCUT2D eigenvalue weighted by Gasteiger charge is 2.29. The number of aliphatic carboxylic acids is 1. The van der Waals surface area contributed by atoms with Crippen LogP contribution >= 0.6 is 0 Å². The van der Waals surface area contributed by atoms with Gasteiger partial charge in [0.25, 0.3) is 0 Å². The lowest BCUT2D eigenvalue weighted by Crippen LogP contribution is -2.38. The van der Waals surface area contributed by atoms with Gasteiger partial charge >= 0.3 is 5.97 Å². The molecule has 5 nitrogen and oxygen atoms in total. The molecule has 1 saturated heterocycles. The van der Waals surface area contributed by atoms with E-state index < -0.39 is 12.0 Å². The maximum atomic E-state index is 10.8. The first-order valence-corrected chi connectivity index (χ1v) is 6.71. The first kappa shape index (κ1) is 12.4. The lowest BCUT2D eigenvalue weighted by atomic mass is 10.1. The fraction of sp³-hybridized carbons (Fsp3) is 0.500. The van der Waals surface area contributed by atoms with Crippen molar-refractivity contribution in [2.45, 2.75) is 37.8 Å². The van der Waals surface area contributed by atoms with Crippen LogP contribution in [0, 0.1) is 0 Å². The van der Waals surface area contributed by atoms with Gasteiger partial charge in [0.2, 0.25) is 0 Å². The van der Waals surface area contributed by atoms with E-state index >= 15 is 0 Å². The quantitative estimate of drug-likeness (QED) is 0.751. The molecule has 2 aliphatic rings. The average Bonchev–Trinajstić information content (AvgIpc) is 3.04. The van der Waals surface area contributed by atoms with Gasteiger partial charge in [0, 0.05) is 0 Å². The Labute approximate surface area is 111 Å². The Kier molecular flexibility index (Phi) is 3.40. The molecule has 1 aliphatic heterocycles. The largest absolute Gasteiger partial charge is 0.492 e. The summed E-state index contributed by atoms with van der Waals surface area (Å²) < 4.78 is 5.75. The van der Waals surface area contributed by atoms with Crippen LogP contribution in [-0.4, -0.2) is 29.8 Å². The molecular formula is C14H18N2O3. The Hall–Kier alpha value is -1.59. The third-order valence-corrected chi connectivity index (χ3v) is 3.80. The molecule has 5 heteroatoms. The highest BCUT2D eigenvalue weighted by Crippen LogP contribution is 2.26. The molecule has 0 aromatic heterocycles. The molecule has 2 unspecified atom stereocenters. The van der Waals surface area contributed by atoms with E-state index in [0.717, 1.165) is 12.2 Å². The summed E-state index contributed by atoms with van der Waals surface area (Å²) in [6.45, 7) is 0.482. The molecule has 1 aliphatic carbocycles. The molecule has 1 aromatic rings. The first-order valence-electron chi connectivity index (χ1n) is 6.71. The van der Waals surface area contributed by atoms with Crippen molar-refractivity contribution in [2.24, 2.45) is 0 Å². The number of aryl methyl sites for hydroxylation is 2. The van der Waals surface area contributed by atoms with Crippen LogP contribution in [0.3, 0.4) is 0 Å². The maximum Gasteiger partial charge on any atom is 0.322 e. The van der Waals surface area contributed by atoms with Crippen LogP contribution in [0.5, 0.6) is 5.75 Å². The average molecular weight is 262 g/mol. The van der Waals surface area contributed by atoms with Crippen molar-refractivity contribution in [3.63, 3.8) is 0 Å². The second-order valence-corrected chi connectivity index (χ2v) is 5.21. The van der Waals surface area contributed by atoms with Crippen molar-refractivity contribution in [1.29, 1.82) is 0 Å². The fourth-order valence-electron chi connectivity index (χ4n) is 2.73. The summed E-state index contributed by atoms with van der Waals surface area (Å²) in [7, 11) is 0. The SMILES string of the molecule is O=C(O)C1CC(COc2ccc3c(c2)CCC3)NN1. The van der Waals surface area contributed by atoms with E-state index in [1.54, 1.807) is 0 Å². The minimum Gasteiger partial charge on any atom is -0.492 e. The number of benzene rings is 1. The zero-order chi connectivity index (χ0) is 13.2. The molecule has 0 radical (unpaired) electrons. The van der Waals surface area contributed by atoms with Crippen LogP contribution in [0.1, 0.15) is 24.0 Å². The van der Waals surface area contributed by atoms with Gasteiger partial charge in [0.1, 0.15) is 18.4 Å². The number of carboxylic acid groups (broad SMARTS) is 1. The summed E-state index contributed by atoms with van der Waals surface area (Å²) in [4.78, 5) is 10.8. The number of hydrogen-bond acceptors (Lipinski definition) is 4. The predicted octanol–water partition coefficient (Wildman–Crippen LogP) is 0.874. The molecule has 1 fully saturated rings. The smallest absolute Gasteiger partial charge is 0.322 e. The summed E-state index contributed by atoms with van der Waals surface area (Å²) in [5.41, 5.74) is 8.53. The predicted molar refractivity (Wildman–Crippen MR) is 70.1 cm³/mol. The zero-order valence-electron chi connectivity index (χ0n) is 10.7. The van der Waals surface area contributed by atoms with Gasteiger partial charge in [-0.15, -0.1) is 0 Å². The van der Waals surface area contributed by atoms with E-state index in [1.807, 2.05) is 6.07 Å².